The monoisotopic (exact) mass is 397 g/mol. The predicted molar refractivity (Wildman–Crippen MR) is 111 cm³/mol. The Hall–Kier alpha value is -3.36. The van der Waals surface area contributed by atoms with E-state index in [2.05, 4.69) is 15.4 Å². The number of aryl methyl sites for hydroxylation is 1. The molecule has 0 aliphatic carbocycles. The molecule has 154 valence electrons. The van der Waals surface area contributed by atoms with Gasteiger partial charge in [-0.05, 0) is 5.56 Å². The zero-order chi connectivity index (χ0) is 20.8. The minimum atomic E-state index is -0.0577. The molecule has 0 spiro atoms. The standard InChI is InChI=1S/C20H27N7O2/c1-24(2)18(28)13-22-20(21-11-16-7-5-4-6-8-16)26-9-10-27(19(29)15-26)17-12-23-25(3)14-17/h4-8,12,14H,9-11,13,15H2,1-3H3,(H,21,22). The van der Waals surface area contributed by atoms with E-state index < -0.39 is 0 Å². The first-order chi connectivity index (χ1) is 13.9. The van der Waals surface area contributed by atoms with Crippen LogP contribution in [0, 0.1) is 0 Å². The molecule has 1 saturated heterocycles. The summed E-state index contributed by atoms with van der Waals surface area (Å²) in [4.78, 5) is 34.5. The van der Waals surface area contributed by atoms with E-state index in [4.69, 9.17) is 0 Å². The largest absolute Gasteiger partial charge is 0.347 e. The number of guanidine groups is 1. The molecule has 2 heterocycles. The van der Waals surface area contributed by atoms with Gasteiger partial charge in [0.15, 0.2) is 5.96 Å². The second-order valence-electron chi connectivity index (χ2n) is 7.11. The lowest BCUT2D eigenvalue weighted by atomic mass is 10.2. The second-order valence-corrected chi connectivity index (χ2v) is 7.11. The molecule has 9 heteroatoms. The molecule has 1 aromatic carbocycles. The topological polar surface area (TPSA) is 86.1 Å². The molecular formula is C20H27N7O2. The van der Waals surface area contributed by atoms with Gasteiger partial charge in [-0.2, -0.15) is 5.10 Å². The number of hydrogen-bond acceptors (Lipinski definition) is 4. The van der Waals surface area contributed by atoms with Gasteiger partial charge in [-0.3, -0.25) is 14.3 Å². The van der Waals surface area contributed by atoms with Crippen LogP contribution < -0.4 is 10.2 Å². The summed E-state index contributed by atoms with van der Waals surface area (Å²) in [6, 6.07) is 9.88. The molecule has 9 nitrogen and oxygen atoms in total. The highest BCUT2D eigenvalue weighted by Crippen LogP contribution is 2.16. The number of aromatic nitrogens is 2. The minimum absolute atomic E-state index is 0.0302. The molecule has 0 saturated carbocycles. The molecule has 1 aromatic heterocycles. The maximum atomic E-state index is 12.7. The molecule has 2 aromatic rings. The van der Waals surface area contributed by atoms with Crippen LogP contribution in [-0.2, 0) is 23.2 Å². The zero-order valence-electron chi connectivity index (χ0n) is 17.1. The van der Waals surface area contributed by atoms with Crippen molar-refractivity contribution >= 4 is 23.5 Å². The first-order valence-electron chi connectivity index (χ1n) is 9.50. The Morgan fingerprint density at radius 3 is 2.62 bits per heavy atom. The van der Waals surface area contributed by atoms with E-state index >= 15 is 0 Å². The van der Waals surface area contributed by atoms with Crippen molar-refractivity contribution in [2.45, 2.75) is 6.54 Å². The third-order valence-corrected chi connectivity index (χ3v) is 4.67. The predicted octanol–water partition coefficient (Wildman–Crippen LogP) is 0.303. The molecule has 2 amide bonds. The number of benzene rings is 1. The summed E-state index contributed by atoms with van der Waals surface area (Å²) >= 11 is 0. The van der Waals surface area contributed by atoms with Crippen LogP contribution in [0.1, 0.15) is 5.56 Å². The Bertz CT molecular complexity index is 876. The Kier molecular flexibility index (Phi) is 6.48. The van der Waals surface area contributed by atoms with Gasteiger partial charge in [0.1, 0.15) is 6.54 Å². The van der Waals surface area contributed by atoms with E-state index in [1.54, 1.807) is 29.9 Å². The first-order valence-corrected chi connectivity index (χ1v) is 9.50. The maximum absolute atomic E-state index is 12.7. The van der Waals surface area contributed by atoms with Crippen molar-refractivity contribution in [2.24, 2.45) is 12.0 Å². The third-order valence-electron chi connectivity index (χ3n) is 4.67. The van der Waals surface area contributed by atoms with E-state index in [1.165, 1.54) is 4.90 Å². The smallest absolute Gasteiger partial charge is 0.246 e. The van der Waals surface area contributed by atoms with Gasteiger partial charge >= 0.3 is 0 Å². The maximum Gasteiger partial charge on any atom is 0.246 e. The summed E-state index contributed by atoms with van der Waals surface area (Å²) in [6.45, 7) is 1.91. The molecule has 0 unspecified atom stereocenters. The van der Waals surface area contributed by atoms with Crippen molar-refractivity contribution < 1.29 is 9.59 Å². The number of carbonyl (C=O) groups is 2. The summed E-state index contributed by atoms with van der Waals surface area (Å²) < 4.78 is 1.68. The molecule has 0 atom stereocenters. The molecule has 1 aliphatic rings. The normalized spacial score (nSPS) is 14.9. The van der Waals surface area contributed by atoms with Crippen LogP contribution in [0.4, 0.5) is 5.69 Å². The van der Waals surface area contributed by atoms with Gasteiger partial charge in [-0.1, -0.05) is 30.3 Å². The van der Waals surface area contributed by atoms with Crippen molar-refractivity contribution in [1.29, 1.82) is 0 Å². The van der Waals surface area contributed by atoms with Gasteiger partial charge in [-0.25, -0.2) is 4.99 Å². The van der Waals surface area contributed by atoms with Crippen molar-refractivity contribution in [2.75, 3.05) is 45.2 Å². The average Bonchev–Trinajstić information content (AvgIpc) is 3.14. The van der Waals surface area contributed by atoms with Crippen LogP contribution in [0.5, 0.6) is 0 Å². The van der Waals surface area contributed by atoms with Gasteiger partial charge in [0.25, 0.3) is 0 Å². The zero-order valence-corrected chi connectivity index (χ0v) is 17.1. The molecule has 1 aliphatic heterocycles. The molecule has 29 heavy (non-hydrogen) atoms. The number of nitrogens with one attached hydrogen (secondary N) is 1. The summed E-state index contributed by atoms with van der Waals surface area (Å²) in [6.07, 6.45) is 3.51. The number of hydrogen-bond donors (Lipinski definition) is 1. The highest BCUT2D eigenvalue weighted by molar-refractivity contribution is 5.98. The highest BCUT2D eigenvalue weighted by atomic mass is 16.2. The summed E-state index contributed by atoms with van der Waals surface area (Å²) in [5.41, 5.74) is 1.85. The van der Waals surface area contributed by atoms with E-state index in [9.17, 15) is 9.59 Å². The van der Waals surface area contributed by atoms with Crippen LogP contribution in [0.25, 0.3) is 0 Å². The molecule has 0 bridgehead atoms. The van der Waals surface area contributed by atoms with Gasteiger partial charge in [0, 0.05) is 40.4 Å². The van der Waals surface area contributed by atoms with E-state index in [0.29, 0.717) is 25.6 Å². The summed E-state index contributed by atoms with van der Waals surface area (Å²) in [5, 5.41) is 7.26. The lowest BCUT2D eigenvalue weighted by molar-refractivity contribution is -0.127. The van der Waals surface area contributed by atoms with Gasteiger partial charge in [-0.15, -0.1) is 0 Å². The first kappa shape index (κ1) is 20.4. The van der Waals surface area contributed by atoms with E-state index in [-0.39, 0.29) is 24.9 Å². The van der Waals surface area contributed by atoms with Crippen LogP contribution in [0.3, 0.4) is 0 Å². The van der Waals surface area contributed by atoms with Gasteiger partial charge < -0.3 is 20.0 Å². The van der Waals surface area contributed by atoms with E-state index in [0.717, 1.165) is 11.3 Å². The number of aliphatic imine (C=N–C) groups is 1. The molecule has 1 N–H and O–H groups in total. The number of rotatable bonds is 5. The second kappa shape index (κ2) is 9.22. The van der Waals surface area contributed by atoms with Crippen LogP contribution in [-0.4, -0.2) is 77.6 Å². The average molecular weight is 397 g/mol. The lowest BCUT2D eigenvalue weighted by Crippen LogP contribution is -2.56. The SMILES string of the molecule is CN(C)C(=O)CNC(=NCc1ccccc1)N1CCN(c2cnn(C)c2)C(=O)C1. The van der Waals surface area contributed by atoms with Crippen molar-refractivity contribution in [1.82, 2.24) is 24.9 Å². The number of likely N-dealkylation sites (N-methyl/N-ethyl adjacent to an activating group) is 1. The third kappa shape index (κ3) is 5.34. The van der Waals surface area contributed by atoms with Gasteiger partial charge in [0.05, 0.1) is 25.0 Å². The Morgan fingerprint density at radius 2 is 2.00 bits per heavy atom. The molecule has 0 radical (unpaired) electrons. The quantitative estimate of drug-likeness (QED) is 0.580. The summed E-state index contributed by atoms with van der Waals surface area (Å²) in [5.74, 6) is 0.471. The highest BCUT2D eigenvalue weighted by Gasteiger charge is 2.28. The molecule has 3 rings (SSSR count). The van der Waals surface area contributed by atoms with E-state index in [1.807, 2.05) is 48.5 Å². The number of anilines is 1. The van der Waals surface area contributed by atoms with Crippen LogP contribution >= 0.6 is 0 Å². The van der Waals surface area contributed by atoms with Crippen molar-refractivity contribution in [3.8, 4) is 0 Å². The van der Waals surface area contributed by atoms with Crippen LogP contribution in [0.15, 0.2) is 47.7 Å². The fourth-order valence-electron chi connectivity index (χ4n) is 3.00. The number of nitrogens with zero attached hydrogens (tertiary/aromatic N) is 6. The molecular weight excluding hydrogens is 370 g/mol. The van der Waals surface area contributed by atoms with Crippen molar-refractivity contribution in [3.05, 3.63) is 48.3 Å². The number of amides is 2. The minimum Gasteiger partial charge on any atom is -0.347 e. The summed E-state index contributed by atoms with van der Waals surface area (Å²) in [7, 11) is 5.24. The van der Waals surface area contributed by atoms with Crippen molar-refractivity contribution in [3.63, 3.8) is 0 Å². The molecule has 1 fully saturated rings. The van der Waals surface area contributed by atoms with Crippen LogP contribution in [0.2, 0.25) is 0 Å². The van der Waals surface area contributed by atoms with Gasteiger partial charge in [0.2, 0.25) is 11.8 Å². The Labute approximate surface area is 170 Å². The Morgan fingerprint density at radius 1 is 1.24 bits per heavy atom. The fraction of sp³-hybridized carbons (Fsp3) is 0.400. The Balaban J connectivity index is 1.71. The lowest BCUT2D eigenvalue weighted by Gasteiger charge is -2.35. The number of carbonyl (C=O) groups excluding carboxylic acids is 2. The number of piperazine rings is 1. The fourth-order valence-corrected chi connectivity index (χ4v) is 3.00.